The third kappa shape index (κ3) is 11.5. The zero-order valence-electron chi connectivity index (χ0n) is 39.7. The quantitative estimate of drug-likeness (QED) is 0.0500. The highest BCUT2D eigenvalue weighted by atomic mass is 16.7. The lowest BCUT2D eigenvalue weighted by atomic mass is 9.55. The van der Waals surface area contributed by atoms with Gasteiger partial charge in [0.1, 0.15) is 40.4 Å². The lowest BCUT2D eigenvalue weighted by Crippen LogP contribution is -2.70. The van der Waals surface area contributed by atoms with Crippen LogP contribution in [0.4, 0.5) is 10.5 Å². The number of aliphatic hydroxyl groups is 2. The largest absolute Gasteiger partial charge is 0.497 e. The van der Waals surface area contributed by atoms with Gasteiger partial charge in [0.15, 0.2) is 0 Å². The number of amides is 2. The number of unbranched alkanes of at least 4 members (excludes halogenated alkanes) is 2. The molecule has 1 aliphatic heterocycles. The predicted octanol–water partition coefficient (Wildman–Crippen LogP) is 9.24. The van der Waals surface area contributed by atoms with E-state index in [1.807, 2.05) is 69.0 Å². The zero-order chi connectivity index (χ0) is 47.4. The van der Waals surface area contributed by atoms with Crippen LogP contribution in [0, 0.1) is 17.8 Å². The Kier molecular flexibility index (Phi) is 17.2. The number of rotatable bonds is 22. The van der Waals surface area contributed by atoms with Gasteiger partial charge in [-0.15, -0.1) is 6.58 Å². The van der Waals surface area contributed by atoms with E-state index in [0.717, 1.165) is 42.4 Å². The molecule has 0 radical (unpaired) electrons. The standard InChI is InChI=1S/C52H69N3O11/c1-9-24-55(47(58)29-34-16-15-18-36(28-34)60-6)46-33-43(54-66-51(3,4)5)40-30-35(17-11-13-25-56)39(19-12-14-26-57)48-41-31-38(21-23-44(41)65-52(46,49(40)48)63-27-10-2)64-50(59)53-42-22-20-37(61-7)32-45(42)62-8/h10,15-16,18,20-23,28,30-32,35,39,46,48-49,56-57H,2,9,11-14,17,19,24-27,29,33H2,1,3-8H3,(H,53,59). The van der Waals surface area contributed by atoms with Crippen LogP contribution in [0.1, 0.15) is 96.1 Å². The first-order valence-corrected chi connectivity index (χ1v) is 23.2. The number of carbonyl (C=O) groups excluding carboxylic acids is 2. The summed E-state index contributed by atoms with van der Waals surface area (Å²) in [5, 5.41) is 27.7. The van der Waals surface area contributed by atoms with E-state index in [1.54, 1.807) is 44.6 Å². The van der Waals surface area contributed by atoms with Crippen LogP contribution in [0.5, 0.6) is 28.7 Å². The highest BCUT2D eigenvalue weighted by Gasteiger charge is 2.65. The summed E-state index contributed by atoms with van der Waals surface area (Å²) >= 11 is 0. The van der Waals surface area contributed by atoms with Crippen molar-refractivity contribution in [1.82, 2.24) is 4.90 Å². The van der Waals surface area contributed by atoms with E-state index >= 15 is 0 Å². The van der Waals surface area contributed by atoms with Crippen LogP contribution in [-0.4, -0.2) is 97.9 Å². The second kappa shape index (κ2) is 22.8. The van der Waals surface area contributed by atoms with E-state index < -0.39 is 29.4 Å². The van der Waals surface area contributed by atoms with Crippen molar-refractivity contribution in [3.05, 3.63) is 96.1 Å². The number of allylic oxidation sites excluding steroid dienone is 1. The molecule has 66 heavy (non-hydrogen) atoms. The van der Waals surface area contributed by atoms with Crippen LogP contribution in [0.2, 0.25) is 0 Å². The number of methoxy groups -OCH3 is 3. The van der Waals surface area contributed by atoms with Crippen LogP contribution in [0.15, 0.2) is 90.1 Å². The number of hydrogen-bond acceptors (Lipinski definition) is 12. The van der Waals surface area contributed by atoms with Gasteiger partial charge in [0.25, 0.3) is 0 Å². The molecule has 2 amide bonds. The molecule has 3 aliphatic rings. The van der Waals surface area contributed by atoms with Crippen LogP contribution in [-0.2, 0) is 20.8 Å². The van der Waals surface area contributed by atoms with Gasteiger partial charge in [-0.2, -0.15) is 0 Å². The zero-order valence-corrected chi connectivity index (χ0v) is 39.7. The lowest BCUT2D eigenvalue weighted by Gasteiger charge is -2.60. The Balaban J connectivity index is 1.54. The summed E-state index contributed by atoms with van der Waals surface area (Å²) in [7, 11) is 4.67. The molecule has 3 aromatic rings. The van der Waals surface area contributed by atoms with E-state index in [4.69, 9.17) is 38.4 Å². The van der Waals surface area contributed by atoms with Crippen LogP contribution in [0.3, 0.4) is 0 Å². The van der Waals surface area contributed by atoms with Crippen molar-refractivity contribution in [2.24, 2.45) is 22.9 Å². The van der Waals surface area contributed by atoms with Crippen molar-refractivity contribution in [2.75, 3.05) is 53.0 Å². The summed E-state index contributed by atoms with van der Waals surface area (Å²) in [5.74, 6) is 0.0693. The van der Waals surface area contributed by atoms with Gasteiger partial charge in [-0.05, 0) is 118 Å². The van der Waals surface area contributed by atoms with E-state index in [2.05, 4.69) is 18.0 Å². The van der Waals surface area contributed by atoms with Gasteiger partial charge in [0.05, 0.1) is 51.7 Å². The molecular formula is C52H69N3O11. The molecule has 1 heterocycles. The van der Waals surface area contributed by atoms with Crippen LogP contribution in [0.25, 0.3) is 0 Å². The smallest absolute Gasteiger partial charge is 0.417 e. The number of fused-ring (bicyclic) bond motifs is 2. The van der Waals surface area contributed by atoms with Crippen LogP contribution < -0.4 is 29.0 Å². The van der Waals surface area contributed by atoms with Crippen molar-refractivity contribution >= 4 is 23.4 Å². The molecule has 0 bridgehead atoms. The number of carbonyl (C=O) groups is 2. The molecule has 2 aliphatic carbocycles. The van der Waals surface area contributed by atoms with Crippen molar-refractivity contribution in [1.29, 1.82) is 0 Å². The van der Waals surface area contributed by atoms with E-state index in [0.29, 0.717) is 66.0 Å². The first-order chi connectivity index (χ1) is 31.8. The number of hydrogen-bond donors (Lipinski definition) is 3. The molecule has 6 atom stereocenters. The Morgan fingerprint density at radius 3 is 2.35 bits per heavy atom. The number of benzene rings is 3. The molecular weight excluding hydrogens is 843 g/mol. The molecule has 1 fully saturated rings. The Hall–Kier alpha value is -5.57. The van der Waals surface area contributed by atoms with E-state index in [1.165, 1.54) is 7.11 Å². The number of anilines is 1. The summed E-state index contributed by atoms with van der Waals surface area (Å²) in [4.78, 5) is 36.7. The number of oxime groups is 1. The Morgan fingerprint density at radius 1 is 0.939 bits per heavy atom. The maximum Gasteiger partial charge on any atom is 0.417 e. The fourth-order valence-electron chi connectivity index (χ4n) is 9.80. The van der Waals surface area contributed by atoms with Gasteiger partial charge in [-0.3, -0.25) is 10.1 Å². The van der Waals surface area contributed by atoms with Crippen molar-refractivity contribution in [2.45, 2.75) is 109 Å². The van der Waals surface area contributed by atoms with Gasteiger partial charge in [0, 0.05) is 43.7 Å². The van der Waals surface area contributed by atoms with Gasteiger partial charge >= 0.3 is 6.09 Å². The molecule has 0 aromatic heterocycles. The van der Waals surface area contributed by atoms with Gasteiger partial charge < -0.3 is 48.4 Å². The van der Waals surface area contributed by atoms with Gasteiger partial charge in [0.2, 0.25) is 11.7 Å². The number of ether oxygens (including phenoxy) is 6. The Morgan fingerprint density at radius 2 is 1.67 bits per heavy atom. The number of nitrogens with zero attached hydrogens (tertiary/aromatic N) is 2. The molecule has 3 N–H and O–H groups in total. The molecule has 1 saturated carbocycles. The fourth-order valence-corrected chi connectivity index (χ4v) is 9.80. The molecule has 14 heteroatoms. The minimum absolute atomic E-state index is 0.0165. The average Bonchev–Trinajstić information content (AvgIpc) is 3.30. The summed E-state index contributed by atoms with van der Waals surface area (Å²) in [6.07, 6.45) is 8.67. The number of aliphatic hydroxyl groups excluding tert-OH is 2. The third-order valence-electron chi connectivity index (χ3n) is 12.6. The first kappa shape index (κ1) is 49.9. The summed E-state index contributed by atoms with van der Waals surface area (Å²) in [6, 6.07) is 17.3. The maximum absolute atomic E-state index is 15.0. The molecule has 0 spiro atoms. The molecule has 3 aromatic carbocycles. The molecule has 0 saturated heterocycles. The van der Waals surface area contributed by atoms with Gasteiger partial charge in [-0.1, -0.05) is 49.2 Å². The Labute approximate surface area is 389 Å². The normalized spacial score (nSPS) is 22.5. The molecule has 6 rings (SSSR count). The summed E-state index contributed by atoms with van der Waals surface area (Å²) in [6.45, 7) is 12.6. The third-order valence-corrected chi connectivity index (χ3v) is 12.6. The highest BCUT2D eigenvalue weighted by Crippen LogP contribution is 2.62. The monoisotopic (exact) mass is 911 g/mol. The lowest BCUT2D eigenvalue weighted by molar-refractivity contribution is -0.257. The minimum Gasteiger partial charge on any atom is -0.497 e. The second-order valence-electron chi connectivity index (χ2n) is 18.2. The Bertz CT molecular complexity index is 2200. The second-order valence-corrected chi connectivity index (χ2v) is 18.2. The topological polar surface area (TPSA) is 167 Å². The SMILES string of the molecule is C=CCOC12Oc3ccc(OC(=O)Nc4ccc(OC)cc4OC)cc3C3C(CCCCO)C(CCCCO)C=C(C(=NOC(C)(C)C)CC1N(CCC)C(=O)Cc1cccc(OC)c1)C32. The summed E-state index contributed by atoms with van der Waals surface area (Å²) in [5.41, 5.74) is 3.02. The maximum atomic E-state index is 15.0. The fraction of sp³-hybridized carbons (Fsp3) is 0.519. The molecule has 6 unspecified atom stereocenters. The minimum atomic E-state index is -1.44. The average molecular weight is 912 g/mol. The van der Waals surface area contributed by atoms with E-state index in [-0.39, 0.29) is 56.3 Å². The number of nitrogens with one attached hydrogen (secondary N) is 1. The van der Waals surface area contributed by atoms with Crippen molar-refractivity contribution < 1.29 is 53.1 Å². The highest BCUT2D eigenvalue weighted by molar-refractivity contribution is 6.03. The molecule has 358 valence electrons. The molecule has 14 nitrogen and oxygen atoms in total. The summed E-state index contributed by atoms with van der Waals surface area (Å²) < 4.78 is 36.9. The predicted molar refractivity (Wildman–Crippen MR) is 254 cm³/mol. The van der Waals surface area contributed by atoms with Gasteiger partial charge in [-0.25, -0.2) is 4.79 Å². The van der Waals surface area contributed by atoms with E-state index in [9.17, 15) is 19.8 Å². The van der Waals surface area contributed by atoms with Crippen LogP contribution >= 0.6 is 0 Å². The van der Waals surface area contributed by atoms with Crippen molar-refractivity contribution in [3.63, 3.8) is 0 Å². The van der Waals surface area contributed by atoms with Crippen molar-refractivity contribution in [3.8, 4) is 28.7 Å². The first-order valence-electron chi connectivity index (χ1n) is 23.2.